The van der Waals surface area contributed by atoms with Crippen molar-refractivity contribution in [3.05, 3.63) is 34.9 Å². The normalized spacial score (nSPS) is 10.2. The van der Waals surface area contributed by atoms with E-state index in [1.165, 1.54) is 11.1 Å². The monoisotopic (exact) mass is 190 g/mol. The van der Waals surface area contributed by atoms with Gasteiger partial charge in [0, 0.05) is 12.0 Å². The van der Waals surface area contributed by atoms with E-state index in [0.717, 1.165) is 18.4 Å². The van der Waals surface area contributed by atoms with Crippen molar-refractivity contribution in [2.75, 3.05) is 0 Å². The maximum absolute atomic E-state index is 11.7. The second-order valence-electron chi connectivity index (χ2n) is 3.90. The zero-order valence-electron chi connectivity index (χ0n) is 9.26. The summed E-state index contributed by atoms with van der Waals surface area (Å²) in [5.41, 5.74) is 3.21. The van der Waals surface area contributed by atoms with Gasteiger partial charge < -0.3 is 0 Å². The van der Waals surface area contributed by atoms with Crippen LogP contribution in [-0.4, -0.2) is 5.78 Å². The third kappa shape index (κ3) is 2.99. The van der Waals surface area contributed by atoms with Crippen molar-refractivity contribution in [3.63, 3.8) is 0 Å². The van der Waals surface area contributed by atoms with Crippen LogP contribution in [-0.2, 0) is 0 Å². The molecule has 0 unspecified atom stereocenters. The molecule has 1 heteroatoms. The van der Waals surface area contributed by atoms with Crippen molar-refractivity contribution in [2.45, 2.75) is 40.0 Å². The van der Waals surface area contributed by atoms with Crippen LogP contribution in [0.3, 0.4) is 0 Å². The van der Waals surface area contributed by atoms with Gasteiger partial charge in [0.1, 0.15) is 0 Å². The summed E-state index contributed by atoms with van der Waals surface area (Å²) < 4.78 is 0. The van der Waals surface area contributed by atoms with Gasteiger partial charge >= 0.3 is 0 Å². The molecule has 0 aliphatic rings. The van der Waals surface area contributed by atoms with Gasteiger partial charge in [-0.2, -0.15) is 0 Å². The second kappa shape index (κ2) is 4.94. The molecular formula is C13H18O. The van der Waals surface area contributed by atoms with Crippen LogP contribution in [0.1, 0.15) is 47.7 Å². The van der Waals surface area contributed by atoms with Gasteiger partial charge in [-0.25, -0.2) is 0 Å². The predicted molar refractivity (Wildman–Crippen MR) is 59.8 cm³/mol. The van der Waals surface area contributed by atoms with Crippen molar-refractivity contribution >= 4 is 5.78 Å². The lowest BCUT2D eigenvalue weighted by molar-refractivity contribution is 0.0979. The first-order valence-corrected chi connectivity index (χ1v) is 5.25. The van der Waals surface area contributed by atoms with Gasteiger partial charge in [-0.3, -0.25) is 4.79 Å². The number of carbonyl (C=O) groups excluding carboxylic acids is 1. The van der Waals surface area contributed by atoms with Crippen molar-refractivity contribution in [3.8, 4) is 0 Å². The Morgan fingerprint density at radius 3 is 2.21 bits per heavy atom. The fraction of sp³-hybridized carbons (Fsp3) is 0.462. The highest BCUT2D eigenvalue weighted by Crippen LogP contribution is 2.12. The van der Waals surface area contributed by atoms with Crippen molar-refractivity contribution in [2.24, 2.45) is 0 Å². The van der Waals surface area contributed by atoms with E-state index < -0.39 is 0 Å². The van der Waals surface area contributed by atoms with Crippen LogP contribution >= 0.6 is 0 Å². The number of ketones is 1. The minimum Gasteiger partial charge on any atom is -0.294 e. The van der Waals surface area contributed by atoms with Gasteiger partial charge in [-0.05, 0) is 32.4 Å². The lowest BCUT2D eigenvalue weighted by Gasteiger charge is -2.03. The average Bonchev–Trinajstić information content (AvgIpc) is 2.12. The summed E-state index contributed by atoms with van der Waals surface area (Å²) in [6.45, 7) is 6.17. The van der Waals surface area contributed by atoms with Gasteiger partial charge in [0.25, 0.3) is 0 Å². The Balaban J connectivity index is 2.79. The smallest absolute Gasteiger partial charge is 0.162 e. The highest BCUT2D eigenvalue weighted by atomic mass is 16.1. The Morgan fingerprint density at radius 2 is 1.71 bits per heavy atom. The maximum atomic E-state index is 11.7. The Morgan fingerprint density at radius 1 is 1.14 bits per heavy atom. The standard InChI is InChI=1S/C13H18O/c1-4-5-6-13(14)12-8-10(2)7-11(3)9-12/h7-9H,4-6H2,1-3H3. The number of hydrogen-bond acceptors (Lipinski definition) is 1. The Labute approximate surface area is 86.1 Å². The van der Waals surface area contributed by atoms with Gasteiger partial charge in [0.15, 0.2) is 5.78 Å². The van der Waals surface area contributed by atoms with Gasteiger partial charge in [0.2, 0.25) is 0 Å². The minimum atomic E-state index is 0.277. The predicted octanol–water partition coefficient (Wildman–Crippen LogP) is 3.68. The fourth-order valence-corrected chi connectivity index (χ4v) is 1.62. The zero-order chi connectivity index (χ0) is 10.6. The largest absolute Gasteiger partial charge is 0.294 e. The molecule has 1 aromatic carbocycles. The van der Waals surface area contributed by atoms with Gasteiger partial charge in [-0.15, -0.1) is 0 Å². The van der Waals surface area contributed by atoms with E-state index >= 15 is 0 Å². The van der Waals surface area contributed by atoms with E-state index in [1.54, 1.807) is 0 Å². The van der Waals surface area contributed by atoms with Crippen molar-refractivity contribution < 1.29 is 4.79 Å². The molecule has 0 bridgehead atoms. The molecule has 0 amide bonds. The Hall–Kier alpha value is -1.11. The number of benzene rings is 1. The first kappa shape index (κ1) is 11.0. The summed E-state index contributed by atoms with van der Waals surface area (Å²) in [7, 11) is 0. The van der Waals surface area contributed by atoms with Crippen molar-refractivity contribution in [1.29, 1.82) is 0 Å². The fourth-order valence-electron chi connectivity index (χ4n) is 1.62. The number of aryl methyl sites for hydroxylation is 2. The average molecular weight is 190 g/mol. The lowest BCUT2D eigenvalue weighted by Crippen LogP contribution is -1.99. The van der Waals surface area contributed by atoms with Crippen LogP contribution < -0.4 is 0 Å². The molecule has 0 atom stereocenters. The van der Waals surface area contributed by atoms with Crippen LogP contribution in [0.5, 0.6) is 0 Å². The van der Waals surface area contributed by atoms with Gasteiger partial charge in [0.05, 0.1) is 0 Å². The summed E-state index contributed by atoms with van der Waals surface area (Å²) in [6, 6.07) is 6.05. The number of unbranched alkanes of at least 4 members (excludes halogenated alkanes) is 1. The minimum absolute atomic E-state index is 0.277. The van der Waals surface area contributed by atoms with E-state index in [2.05, 4.69) is 13.0 Å². The molecule has 1 nitrogen and oxygen atoms in total. The van der Waals surface area contributed by atoms with E-state index in [9.17, 15) is 4.79 Å². The molecular weight excluding hydrogens is 172 g/mol. The Kier molecular flexibility index (Phi) is 3.87. The van der Waals surface area contributed by atoms with Crippen LogP contribution in [0.2, 0.25) is 0 Å². The summed E-state index contributed by atoms with van der Waals surface area (Å²) in [6.07, 6.45) is 2.75. The van der Waals surface area contributed by atoms with Crippen LogP contribution in [0.4, 0.5) is 0 Å². The van der Waals surface area contributed by atoms with E-state index in [0.29, 0.717) is 6.42 Å². The summed E-state index contributed by atoms with van der Waals surface area (Å²) in [5.74, 6) is 0.277. The Bertz CT molecular complexity index is 306. The molecule has 1 aromatic rings. The molecule has 0 fully saturated rings. The first-order valence-electron chi connectivity index (χ1n) is 5.25. The van der Waals surface area contributed by atoms with Crippen LogP contribution in [0, 0.1) is 13.8 Å². The molecule has 0 aliphatic heterocycles. The van der Waals surface area contributed by atoms with Crippen LogP contribution in [0.15, 0.2) is 18.2 Å². The summed E-state index contributed by atoms with van der Waals surface area (Å²) in [5, 5.41) is 0. The SMILES string of the molecule is CCCCC(=O)c1cc(C)cc(C)c1. The second-order valence-corrected chi connectivity index (χ2v) is 3.90. The molecule has 1 rings (SSSR count). The third-order valence-electron chi connectivity index (χ3n) is 2.30. The molecule has 14 heavy (non-hydrogen) atoms. The molecule has 0 aromatic heterocycles. The third-order valence-corrected chi connectivity index (χ3v) is 2.30. The molecule has 76 valence electrons. The molecule has 0 saturated heterocycles. The maximum Gasteiger partial charge on any atom is 0.162 e. The number of rotatable bonds is 4. The van der Waals surface area contributed by atoms with E-state index in [-0.39, 0.29) is 5.78 Å². The molecule has 0 saturated carbocycles. The summed E-state index contributed by atoms with van der Waals surface area (Å²) in [4.78, 5) is 11.7. The highest BCUT2D eigenvalue weighted by Gasteiger charge is 2.05. The zero-order valence-corrected chi connectivity index (χ0v) is 9.26. The highest BCUT2D eigenvalue weighted by molar-refractivity contribution is 5.96. The van der Waals surface area contributed by atoms with Crippen molar-refractivity contribution in [1.82, 2.24) is 0 Å². The summed E-state index contributed by atoms with van der Waals surface area (Å²) >= 11 is 0. The lowest BCUT2D eigenvalue weighted by atomic mass is 10.0. The topological polar surface area (TPSA) is 17.1 Å². The number of Topliss-reactive ketones (excluding diaryl/α,β-unsaturated/α-hetero) is 1. The number of carbonyl (C=O) groups is 1. The molecule has 0 aliphatic carbocycles. The molecule has 0 N–H and O–H groups in total. The quantitative estimate of drug-likeness (QED) is 0.662. The van der Waals surface area contributed by atoms with E-state index in [4.69, 9.17) is 0 Å². The molecule has 0 heterocycles. The van der Waals surface area contributed by atoms with Gasteiger partial charge in [-0.1, -0.05) is 30.5 Å². The molecule has 0 radical (unpaired) electrons. The van der Waals surface area contributed by atoms with E-state index in [1.807, 2.05) is 26.0 Å². The molecule has 0 spiro atoms. The number of hydrogen-bond donors (Lipinski definition) is 0. The van der Waals surface area contributed by atoms with Crippen LogP contribution in [0.25, 0.3) is 0 Å². The first-order chi connectivity index (χ1) is 6.63.